The van der Waals surface area contributed by atoms with Gasteiger partial charge in [0, 0.05) is 15.5 Å². The monoisotopic (exact) mass is 342 g/mol. The van der Waals surface area contributed by atoms with E-state index in [1.165, 1.54) is 0 Å². The summed E-state index contributed by atoms with van der Waals surface area (Å²) in [7, 11) is 1.65. The van der Waals surface area contributed by atoms with Crippen molar-refractivity contribution in [2.75, 3.05) is 7.11 Å². The fourth-order valence-electron chi connectivity index (χ4n) is 2.67. The number of rotatable bonds is 5. The normalized spacial score (nSPS) is 11.8. The molecule has 0 aromatic heterocycles. The van der Waals surface area contributed by atoms with E-state index in [1.54, 1.807) is 7.11 Å². The second-order valence-corrected chi connectivity index (χ2v) is 6.94. The average Bonchev–Trinajstić information content (AvgIpc) is 2.29. The van der Waals surface area contributed by atoms with Crippen LogP contribution in [0.4, 0.5) is 0 Å². The molecule has 1 aromatic rings. The zero-order chi connectivity index (χ0) is 15.7. The van der Waals surface area contributed by atoms with Crippen molar-refractivity contribution in [3.63, 3.8) is 0 Å². The molecule has 0 radical (unpaired) electrons. The number of benzene rings is 1. The molecule has 3 nitrogen and oxygen atoms in total. The van der Waals surface area contributed by atoms with E-state index in [4.69, 9.17) is 9.84 Å². The van der Waals surface area contributed by atoms with Gasteiger partial charge in [-0.25, -0.2) is 0 Å². The fourth-order valence-corrected chi connectivity index (χ4v) is 3.12. The lowest BCUT2D eigenvalue weighted by molar-refractivity contribution is -0.138. The van der Waals surface area contributed by atoms with Crippen molar-refractivity contribution in [3.05, 3.63) is 27.2 Å². The van der Waals surface area contributed by atoms with Crippen molar-refractivity contribution in [3.8, 4) is 5.75 Å². The van der Waals surface area contributed by atoms with Crippen LogP contribution in [0.25, 0.3) is 0 Å². The molecule has 0 spiro atoms. The summed E-state index contributed by atoms with van der Waals surface area (Å²) in [5.41, 5.74) is 2.62. The minimum absolute atomic E-state index is 0.0676. The summed E-state index contributed by atoms with van der Waals surface area (Å²) in [6, 6.07) is 2.07. The molecule has 0 aliphatic carbocycles. The van der Waals surface area contributed by atoms with E-state index in [-0.39, 0.29) is 6.42 Å². The topological polar surface area (TPSA) is 46.5 Å². The SMILES string of the molecule is COc1c(C(C)C)cc(Br)c(C)c1C(C)(C)CC(=O)O. The summed E-state index contributed by atoms with van der Waals surface area (Å²) in [6.07, 6.45) is 0.0676. The van der Waals surface area contributed by atoms with Crippen molar-refractivity contribution in [1.82, 2.24) is 0 Å². The Balaban J connectivity index is 3.62. The van der Waals surface area contributed by atoms with Gasteiger partial charge in [0.05, 0.1) is 13.5 Å². The van der Waals surface area contributed by atoms with Gasteiger partial charge in [0.2, 0.25) is 0 Å². The molecular formula is C16H23BrO3. The number of halogens is 1. The molecule has 0 fully saturated rings. The third-order valence-electron chi connectivity index (χ3n) is 3.60. The van der Waals surface area contributed by atoms with E-state index in [2.05, 4.69) is 35.8 Å². The number of methoxy groups -OCH3 is 1. The van der Waals surface area contributed by atoms with E-state index < -0.39 is 11.4 Å². The van der Waals surface area contributed by atoms with Gasteiger partial charge in [0.15, 0.2) is 0 Å². The van der Waals surface area contributed by atoms with Gasteiger partial charge in [-0.2, -0.15) is 0 Å². The zero-order valence-electron chi connectivity index (χ0n) is 13.0. The van der Waals surface area contributed by atoms with Gasteiger partial charge in [-0.1, -0.05) is 43.6 Å². The van der Waals surface area contributed by atoms with Gasteiger partial charge in [0.25, 0.3) is 0 Å². The summed E-state index contributed by atoms with van der Waals surface area (Å²) >= 11 is 3.58. The van der Waals surface area contributed by atoms with Crippen LogP contribution < -0.4 is 4.74 Å². The highest BCUT2D eigenvalue weighted by atomic mass is 79.9. The van der Waals surface area contributed by atoms with Gasteiger partial charge in [0.1, 0.15) is 5.75 Å². The molecule has 0 unspecified atom stereocenters. The summed E-state index contributed by atoms with van der Waals surface area (Å²) < 4.78 is 6.62. The van der Waals surface area contributed by atoms with E-state index in [0.29, 0.717) is 5.92 Å². The molecule has 112 valence electrons. The maximum atomic E-state index is 11.2. The molecule has 0 heterocycles. The van der Waals surface area contributed by atoms with E-state index in [1.807, 2.05) is 20.8 Å². The Morgan fingerprint density at radius 1 is 1.45 bits per heavy atom. The quantitative estimate of drug-likeness (QED) is 0.847. The van der Waals surface area contributed by atoms with E-state index in [9.17, 15) is 4.79 Å². The predicted octanol–water partition coefficient (Wildman–Crippen LogP) is 4.64. The highest BCUT2D eigenvalue weighted by Gasteiger charge is 2.32. The van der Waals surface area contributed by atoms with Crippen LogP contribution >= 0.6 is 15.9 Å². The number of hydrogen-bond donors (Lipinski definition) is 1. The van der Waals surface area contributed by atoms with Crippen LogP contribution in [0.15, 0.2) is 10.5 Å². The van der Waals surface area contributed by atoms with E-state index in [0.717, 1.165) is 26.9 Å². The second kappa shape index (κ2) is 6.17. The highest BCUT2D eigenvalue weighted by molar-refractivity contribution is 9.10. The predicted molar refractivity (Wildman–Crippen MR) is 84.8 cm³/mol. The second-order valence-electron chi connectivity index (χ2n) is 6.09. The first-order valence-corrected chi connectivity index (χ1v) is 7.50. The van der Waals surface area contributed by atoms with Crippen LogP contribution in [0, 0.1) is 6.92 Å². The van der Waals surface area contributed by atoms with Crippen molar-refractivity contribution in [2.24, 2.45) is 0 Å². The highest BCUT2D eigenvalue weighted by Crippen LogP contribution is 2.44. The number of hydrogen-bond acceptors (Lipinski definition) is 2. The first kappa shape index (κ1) is 17.0. The Bertz CT molecular complexity index is 519. The minimum Gasteiger partial charge on any atom is -0.496 e. The van der Waals surface area contributed by atoms with Crippen molar-refractivity contribution >= 4 is 21.9 Å². The fraction of sp³-hybridized carbons (Fsp3) is 0.562. The number of ether oxygens (including phenoxy) is 1. The minimum atomic E-state index is -0.803. The van der Waals surface area contributed by atoms with Crippen molar-refractivity contribution in [1.29, 1.82) is 0 Å². The maximum absolute atomic E-state index is 11.2. The first-order chi connectivity index (χ1) is 9.11. The Morgan fingerprint density at radius 2 is 2.00 bits per heavy atom. The summed E-state index contributed by atoms with van der Waals surface area (Å²) in [5.74, 6) is 0.315. The lowest BCUT2D eigenvalue weighted by Crippen LogP contribution is -2.24. The largest absolute Gasteiger partial charge is 0.496 e. The molecule has 1 aromatic carbocycles. The Kier molecular flexibility index (Phi) is 5.25. The molecule has 0 saturated heterocycles. The third kappa shape index (κ3) is 3.35. The Morgan fingerprint density at radius 3 is 2.40 bits per heavy atom. The molecule has 0 atom stereocenters. The summed E-state index contributed by atoms with van der Waals surface area (Å²) in [6.45, 7) is 10.1. The number of carboxylic acids is 1. The first-order valence-electron chi connectivity index (χ1n) is 6.71. The molecule has 1 rings (SSSR count). The van der Waals surface area contributed by atoms with Crippen molar-refractivity contribution in [2.45, 2.75) is 52.4 Å². The average molecular weight is 343 g/mol. The third-order valence-corrected chi connectivity index (χ3v) is 4.42. The van der Waals surface area contributed by atoms with Gasteiger partial charge in [-0.05, 0) is 30.0 Å². The van der Waals surface area contributed by atoms with Crippen LogP contribution in [0.3, 0.4) is 0 Å². The molecule has 0 aliphatic rings. The Labute approximate surface area is 129 Å². The Hall–Kier alpha value is -1.03. The number of aliphatic carboxylic acids is 1. The lowest BCUT2D eigenvalue weighted by Gasteiger charge is -2.30. The smallest absolute Gasteiger partial charge is 0.304 e. The van der Waals surface area contributed by atoms with Gasteiger partial charge in [-0.15, -0.1) is 0 Å². The molecule has 0 aliphatic heterocycles. The van der Waals surface area contributed by atoms with Gasteiger partial charge >= 0.3 is 5.97 Å². The van der Waals surface area contributed by atoms with Crippen LogP contribution in [0.1, 0.15) is 56.7 Å². The number of carboxylic acid groups (broad SMARTS) is 1. The van der Waals surface area contributed by atoms with Gasteiger partial charge < -0.3 is 9.84 Å². The number of carbonyl (C=O) groups is 1. The summed E-state index contributed by atoms with van der Waals surface area (Å²) in [4.78, 5) is 11.2. The molecule has 1 N–H and O–H groups in total. The molecular weight excluding hydrogens is 320 g/mol. The molecule has 4 heteroatoms. The maximum Gasteiger partial charge on any atom is 0.304 e. The molecule has 0 saturated carbocycles. The lowest BCUT2D eigenvalue weighted by atomic mass is 9.77. The zero-order valence-corrected chi connectivity index (χ0v) is 14.6. The standard InChI is InChI=1S/C16H23BrO3/c1-9(2)11-7-12(17)10(3)14(15(11)20-6)16(4,5)8-13(18)19/h7,9H,8H2,1-6H3,(H,18,19). The van der Waals surface area contributed by atoms with Crippen LogP contribution in [-0.4, -0.2) is 18.2 Å². The van der Waals surface area contributed by atoms with Crippen LogP contribution in [-0.2, 0) is 10.2 Å². The summed E-state index contributed by atoms with van der Waals surface area (Å²) in [5, 5.41) is 9.16. The van der Waals surface area contributed by atoms with Crippen LogP contribution in [0.2, 0.25) is 0 Å². The van der Waals surface area contributed by atoms with Crippen LogP contribution in [0.5, 0.6) is 5.75 Å². The molecule has 20 heavy (non-hydrogen) atoms. The van der Waals surface area contributed by atoms with Gasteiger partial charge in [-0.3, -0.25) is 4.79 Å². The van der Waals surface area contributed by atoms with E-state index >= 15 is 0 Å². The molecule has 0 bridgehead atoms. The molecule has 0 amide bonds. The van der Waals surface area contributed by atoms with Crippen molar-refractivity contribution < 1.29 is 14.6 Å².